The third kappa shape index (κ3) is 2.68. The van der Waals surface area contributed by atoms with Gasteiger partial charge in [0.05, 0.1) is 0 Å². The van der Waals surface area contributed by atoms with Crippen molar-refractivity contribution in [3.05, 3.63) is 48.3 Å². The van der Waals surface area contributed by atoms with E-state index in [0.717, 1.165) is 37.4 Å². The molecule has 2 unspecified atom stereocenters. The molecule has 1 aromatic carbocycles. The van der Waals surface area contributed by atoms with Gasteiger partial charge in [-0.3, -0.25) is 4.90 Å². The maximum Gasteiger partial charge on any atom is 0.202 e. The molecule has 110 valence electrons. The van der Waals surface area contributed by atoms with Crippen molar-refractivity contribution in [2.75, 3.05) is 31.1 Å². The standard InChI is InChI=1S/C17H22N4/c1-2-4-14(5-3-1)10-20-9-6-15-12-21(13-16(15)11-20)17-18-7-8-19-17/h1-5,7-8,15-16H,6,9-13H2,(H,18,19). The van der Waals surface area contributed by atoms with E-state index >= 15 is 0 Å². The summed E-state index contributed by atoms with van der Waals surface area (Å²) < 4.78 is 0. The number of hydrogen-bond donors (Lipinski definition) is 1. The Labute approximate surface area is 125 Å². The molecule has 0 bridgehead atoms. The van der Waals surface area contributed by atoms with Gasteiger partial charge in [0.25, 0.3) is 0 Å². The zero-order chi connectivity index (χ0) is 14.1. The van der Waals surface area contributed by atoms with Crippen molar-refractivity contribution in [1.29, 1.82) is 0 Å². The van der Waals surface area contributed by atoms with Gasteiger partial charge in [0.15, 0.2) is 0 Å². The fourth-order valence-corrected chi connectivity index (χ4v) is 3.83. The van der Waals surface area contributed by atoms with Crippen molar-refractivity contribution in [3.63, 3.8) is 0 Å². The minimum atomic E-state index is 0.785. The number of H-pyrrole nitrogens is 1. The first-order chi connectivity index (χ1) is 10.4. The van der Waals surface area contributed by atoms with Gasteiger partial charge in [-0.05, 0) is 30.4 Å². The first-order valence-electron chi connectivity index (χ1n) is 7.89. The summed E-state index contributed by atoms with van der Waals surface area (Å²) in [4.78, 5) is 12.7. The Morgan fingerprint density at radius 3 is 2.76 bits per heavy atom. The van der Waals surface area contributed by atoms with Gasteiger partial charge < -0.3 is 9.88 Å². The van der Waals surface area contributed by atoms with Crippen LogP contribution >= 0.6 is 0 Å². The zero-order valence-electron chi connectivity index (χ0n) is 12.3. The van der Waals surface area contributed by atoms with Crippen LogP contribution in [0.5, 0.6) is 0 Å². The first-order valence-corrected chi connectivity index (χ1v) is 7.89. The Bertz CT molecular complexity index is 566. The molecule has 2 aromatic rings. The van der Waals surface area contributed by atoms with Crippen LogP contribution in [0.15, 0.2) is 42.7 Å². The molecule has 2 saturated heterocycles. The van der Waals surface area contributed by atoms with Crippen LogP contribution in [0.1, 0.15) is 12.0 Å². The van der Waals surface area contributed by atoms with Gasteiger partial charge in [0, 0.05) is 38.6 Å². The number of imidazole rings is 1. The number of fused-ring (bicyclic) bond motifs is 1. The zero-order valence-corrected chi connectivity index (χ0v) is 12.3. The number of hydrogen-bond acceptors (Lipinski definition) is 3. The Balaban J connectivity index is 1.39. The predicted octanol–water partition coefficient (Wildman–Crippen LogP) is 2.37. The SMILES string of the molecule is c1ccc(CN2CCC3CN(c4ncc[nH]4)CC3C2)cc1. The van der Waals surface area contributed by atoms with Crippen molar-refractivity contribution in [3.8, 4) is 0 Å². The minimum absolute atomic E-state index is 0.785. The Morgan fingerprint density at radius 1 is 1.10 bits per heavy atom. The van der Waals surface area contributed by atoms with E-state index in [1.54, 1.807) is 0 Å². The monoisotopic (exact) mass is 282 g/mol. The molecule has 4 rings (SSSR count). The summed E-state index contributed by atoms with van der Waals surface area (Å²) in [6.45, 7) is 5.84. The largest absolute Gasteiger partial charge is 0.342 e. The summed E-state index contributed by atoms with van der Waals surface area (Å²) in [5.41, 5.74) is 1.43. The number of piperidine rings is 1. The lowest BCUT2D eigenvalue weighted by molar-refractivity contribution is 0.142. The fourth-order valence-electron chi connectivity index (χ4n) is 3.83. The highest BCUT2D eigenvalue weighted by Crippen LogP contribution is 2.33. The van der Waals surface area contributed by atoms with Crippen LogP contribution in [0.25, 0.3) is 0 Å². The van der Waals surface area contributed by atoms with E-state index in [1.165, 1.54) is 25.1 Å². The van der Waals surface area contributed by atoms with Gasteiger partial charge >= 0.3 is 0 Å². The lowest BCUT2D eigenvalue weighted by Crippen LogP contribution is -2.39. The van der Waals surface area contributed by atoms with Crippen molar-refractivity contribution >= 4 is 5.95 Å². The smallest absolute Gasteiger partial charge is 0.202 e. The molecule has 2 aliphatic rings. The summed E-state index contributed by atoms with van der Waals surface area (Å²) >= 11 is 0. The molecule has 2 atom stereocenters. The summed E-state index contributed by atoms with van der Waals surface area (Å²) in [7, 11) is 0. The molecule has 0 spiro atoms. The molecule has 1 aromatic heterocycles. The lowest BCUT2D eigenvalue weighted by Gasteiger charge is -2.34. The van der Waals surface area contributed by atoms with Crippen LogP contribution in [0.4, 0.5) is 5.95 Å². The van der Waals surface area contributed by atoms with Crippen LogP contribution in [-0.4, -0.2) is 41.0 Å². The summed E-state index contributed by atoms with van der Waals surface area (Å²) in [6.07, 6.45) is 5.08. The van der Waals surface area contributed by atoms with E-state index in [1.807, 2.05) is 12.4 Å². The molecule has 0 saturated carbocycles. The molecule has 0 radical (unpaired) electrons. The van der Waals surface area contributed by atoms with Gasteiger partial charge in [-0.1, -0.05) is 30.3 Å². The summed E-state index contributed by atoms with van der Waals surface area (Å²) in [6, 6.07) is 10.8. The molecular formula is C17H22N4. The minimum Gasteiger partial charge on any atom is -0.342 e. The molecule has 2 aliphatic heterocycles. The Kier molecular flexibility index (Phi) is 3.39. The van der Waals surface area contributed by atoms with Crippen LogP contribution in [0.2, 0.25) is 0 Å². The van der Waals surface area contributed by atoms with Crippen LogP contribution in [-0.2, 0) is 6.54 Å². The first kappa shape index (κ1) is 12.9. The molecular weight excluding hydrogens is 260 g/mol. The van der Waals surface area contributed by atoms with Crippen molar-refractivity contribution in [2.24, 2.45) is 11.8 Å². The topological polar surface area (TPSA) is 35.2 Å². The number of nitrogens with zero attached hydrogens (tertiary/aromatic N) is 3. The summed E-state index contributed by atoms with van der Waals surface area (Å²) in [5.74, 6) is 2.66. The number of likely N-dealkylation sites (tertiary alicyclic amines) is 1. The van der Waals surface area contributed by atoms with Gasteiger partial charge in [-0.25, -0.2) is 4.98 Å². The number of benzene rings is 1. The Hall–Kier alpha value is -1.81. The molecule has 3 heterocycles. The molecule has 1 N–H and O–H groups in total. The number of nitrogens with one attached hydrogen (secondary N) is 1. The second-order valence-electron chi connectivity index (χ2n) is 6.35. The average Bonchev–Trinajstić information content (AvgIpc) is 3.17. The highest BCUT2D eigenvalue weighted by Gasteiger charge is 2.37. The quantitative estimate of drug-likeness (QED) is 0.938. The predicted molar refractivity (Wildman–Crippen MR) is 84.1 cm³/mol. The second kappa shape index (κ2) is 5.53. The normalized spacial score (nSPS) is 26.0. The van der Waals surface area contributed by atoms with Gasteiger partial charge in [-0.15, -0.1) is 0 Å². The maximum atomic E-state index is 4.40. The van der Waals surface area contributed by atoms with Gasteiger partial charge in [0.1, 0.15) is 0 Å². The number of aromatic amines is 1. The molecule has 0 aliphatic carbocycles. The molecule has 4 nitrogen and oxygen atoms in total. The molecule has 0 amide bonds. The van der Waals surface area contributed by atoms with Crippen LogP contribution in [0, 0.1) is 11.8 Å². The van der Waals surface area contributed by atoms with E-state index < -0.39 is 0 Å². The third-order valence-electron chi connectivity index (χ3n) is 4.92. The molecule has 2 fully saturated rings. The third-order valence-corrected chi connectivity index (χ3v) is 4.92. The molecule has 4 heteroatoms. The number of anilines is 1. The van der Waals surface area contributed by atoms with E-state index in [2.05, 4.69) is 50.1 Å². The van der Waals surface area contributed by atoms with E-state index in [9.17, 15) is 0 Å². The van der Waals surface area contributed by atoms with E-state index in [4.69, 9.17) is 0 Å². The van der Waals surface area contributed by atoms with Gasteiger partial charge in [0.2, 0.25) is 5.95 Å². The second-order valence-corrected chi connectivity index (χ2v) is 6.35. The molecule has 21 heavy (non-hydrogen) atoms. The van der Waals surface area contributed by atoms with Crippen molar-refractivity contribution in [2.45, 2.75) is 13.0 Å². The van der Waals surface area contributed by atoms with E-state index in [0.29, 0.717) is 0 Å². The fraction of sp³-hybridized carbons (Fsp3) is 0.471. The van der Waals surface area contributed by atoms with E-state index in [-0.39, 0.29) is 0 Å². The average molecular weight is 282 g/mol. The Morgan fingerprint density at radius 2 is 1.95 bits per heavy atom. The highest BCUT2D eigenvalue weighted by atomic mass is 15.3. The highest BCUT2D eigenvalue weighted by molar-refractivity contribution is 5.32. The number of aromatic nitrogens is 2. The lowest BCUT2D eigenvalue weighted by atomic mass is 9.88. The van der Waals surface area contributed by atoms with Crippen LogP contribution < -0.4 is 4.90 Å². The van der Waals surface area contributed by atoms with Crippen molar-refractivity contribution < 1.29 is 0 Å². The van der Waals surface area contributed by atoms with Gasteiger partial charge in [-0.2, -0.15) is 0 Å². The van der Waals surface area contributed by atoms with Crippen molar-refractivity contribution in [1.82, 2.24) is 14.9 Å². The van der Waals surface area contributed by atoms with Crippen LogP contribution in [0.3, 0.4) is 0 Å². The number of rotatable bonds is 3. The maximum absolute atomic E-state index is 4.40. The summed E-state index contributed by atoms with van der Waals surface area (Å²) in [5, 5.41) is 0.